The summed E-state index contributed by atoms with van der Waals surface area (Å²) in [5.41, 5.74) is 0.323. The van der Waals surface area contributed by atoms with Crippen LogP contribution in [0.1, 0.15) is 126 Å². The molecular weight excluding hydrogens is 420 g/mol. The number of fused-ring (bicyclic) bond motifs is 1. The molecule has 0 spiro atoms. The summed E-state index contributed by atoms with van der Waals surface area (Å²) in [6.45, 7) is 13.1. The Kier molecular flexibility index (Phi) is 11.2. The Balaban J connectivity index is 1.74. The molecular formula is C31H48O3. The summed E-state index contributed by atoms with van der Waals surface area (Å²) in [5, 5.41) is 11.2. The Morgan fingerprint density at radius 1 is 0.912 bits per heavy atom. The van der Waals surface area contributed by atoms with Gasteiger partial charge in [-0.1, -0.05) is 115 Å². The van der Waals surface area contributed by atoms with Crippen LogP contribution in [0.2, 0.25) is 0 Å². The standard InChI is InChI=1S/C31H48O3/c1-22(2)12-9-13-23(3)14-10-15-24(4)16-11-17-25(5)20-21-31(34)26(6)29(32)27-18-7-8-19-28(27)30(31)33/h7-8,18-20,22-24,26,34H,9-17,21H2,1-6H3/b25-20+/t23-,24-,26?,31?/m1/s1. The minimum Gasteiger partial charge on any atom is -0.381 e. The van der Waals surface area contributed by atoms with E-state index in [9.17, 15) is 14.7 Å². The number of hydrogen-bond acceptors (Lipinski definition) is 3. The summed E-state index contributed by atoms with van der Waals surface area (Å²) < 4.78 is 0. The highest BCUT2D eigenvalue weighted by molar-refractivity contribution is 6.18. The number of carbonyl (C=O) groups excluding carboxylic acids is 2. The first-order valence-electron chi connectivity index (χ1n) is 13.6. The van der Waals surface area contributed by atoms with Gasteiger partial charge in [-0.15, -0.1) is 0 Å². The summed E-state index contributed by atoms with van der Waals surface area (Å²) in [4.78, 5) is 25.8. The molecule has 3 nitrogen and oxygen atoms in total. The third-order valence-electron chi connectivity index (χ3n) is 7.84. The highest BCUT2D eigenvalue weighted by atomic mass is 16.3. The molecule has 0 saturated carbocycles. The van der Waals surface area contributed by atoms with Gasteiger partial charge in [0.1, 0.15) is 5.60 Å². The predicted molar refractivity (Wildman–Crippen MR) is 142 cm³/mol. The molecule has 2 unspecified atom stereocenters. The summed E-state index contributed by atoms with van der Waals surface area (Å²) in [7, 11) is 0. The van der Waals surface area contributed by atoms with Crippen LogP contribution in [-0.4, -0.2) is 22.3 Å². The summed E-state index contributed by atoms with van der Waals surface area (Å²) in [5.74, 6) is 1.18. The number of rotatable bonds is 14. The maximum absolute atomic E-state index is 13.0. The van der Waals surface area contributed by atoms with Gasteiger partial charge >= 0.3 is 0 Å². The van der Waals surface area contributed by atoms with Crippen molar-refractivity contribution in [3.63, 3.8) is 0 Å². The van der Waals surface area contributed by atoms with E-state index in [1.165, 1.54) is 50.5 Å². The fraction of sp³-hybridized carbons (Fsp3) is 0.677. The maximum atomic E-state index is 13.0. The van der Waals surface area contributed by atoms with Gasteiger partial charge in [0.25, 0.3) is 0 Å². The van der Waals surface area contributed by atoms with Crippen LogP contribution in [0.5, 0.6) is 0 Å². The molecule has 0 aliphatic heterocycles. The number of Topliss-reactive ketones (excluding diaryl/α,β-unsaturated/α-hetero) is 2. The highest BCUT2D eigenvalue weighted by Crippen LogP contribution is 2.36. The monoisotopic (exact) mass is 468 g/mol. The Morgan fingerprint density at radius 2 is 1.44 bits per heavy atom. The number of aliphatic hydroxyl groups is 1. The first-order chi connectivity index (χ1) is 16.1. The van der Waals surface area contributed by atoms with E-state index in [1.54, 1.807) is 31.2 Å². The Hall–Kier alpha value is -1.74. The molecule has 0 saturated heterocycles. The van der Waals surface area contributed by atoms with Crippen LogP contribution in [0.4, 0.5) is 0 Å². The molecule has 1 aromatic carbocycles. The molecule has 1 aromatic rings. The Labute approximate surface area is 208 Å². The minimum atomic E-state index is -1.65. The van der Waals surface area contributed by atoms with Gasteiger partial charge in [0, 0.05) is 17.5 Å². The predicted octanol–water partition coefficient (Wildman–Crippen LogP) is 8.21. The van der Waals surface area contributed by atoms with Crippen molar-refractivity contribution in [1.82, 2.24) is 0 Å². The smallest absolute Gasteiger partial charge is 0.196 e. The number of ketones is 2. The fourth-order valence-corrected chi connectivity index (χ4v) is 5.18. The number of hydrogen-bond donors (Lipinski definition) is 1. The van der Waals surface area contributed by atoms with E-state index in [2.05, 4.69) is 34.6 Å². The van der Waals surface area contributed by atoms with Crippen LogP contribution >= 0.6 is 0 Å². The lowest BCUT2D eigenvalue weighted by Gasteiger charge is -2.36. The zero-order valence-corrected chi connectivity index (χ0v) is 22.5. The SMILES string of the molecule is C/C(=C\CC1(O)C(=O)c2ccccc2C(=O)C1C)CCC[C@H](C)CCC[C@H](C)CCCC(C)C. The molecule has 0 aromatic heterocycles. The van der Waals surface area contributed by atoms with Crippen LogP contribution in [0, 0.1) is 23.7 Å². The average Bonchev–Trinajstić information content (AvgIpc) is 2.80. The van der Waals surface area contributed by atoms with Crippen molar-refractivity contribution in [1.29, 1.82) is 0 Å². The number of allylic oxidation sites excluding steroid dienone is 1. The second-order valence-corrected chi connectivity index (χ2v) is 11.5. The van der Waals surface area contributed by atoms with E-state index in [0.29, 0.717) is 11.1 Å². The Morgan fingerprint density at radius 3 is 2.03 bits per heavy atom. The van der Waals surface area contributed by atoms with Crippen molar-refractivity contribution >= 4 is 11.6 Å². The fourth-order valence-electron chi connectivity index (χ4n) is 5.18. The molecule has 190 valence electrons. The molecule has 1 N–H and O–H groups in total. The van der Waals surface area contributed by atoms with E-state index in [1.807, 2.05) is 6.08 Å². The van der Waals surface area contributed by atoms with E-state index in [4.69, 9.17) is 0 Å². The van der Waals surface area contributed by atoms with E-state index in [-0.39, 0.29) is 18.0 Å². The molecule has 0 heterocycles. The molecule has 34 heavy (non-hydrogen) atoms. The topological polar surface area (TPSA) is 54.4 Å². The molecule has 0 amide bonds. The van der Waals surface area contributed by atoms with Crippen molar-refractivity contribution in [3.8, 4) is 0 Å². The van der Waals surface area contributed by atoms with Crippen LogP contribution < -0.4 is 0 Å². The van der Waals surface area contributed by atoms with Gasteiger partial charge in [-0.3, -0.25) is 9.59 Å². The zero-order chi connectivity index (χ0) is 25.3. The molecule has 1 aliphatic carbocycles. The maximum Gasteiger partial charge on any atom is 0.196 e. The van der Waals surface area contributed by atoms with Gasteiger partial charge in [0.15, 0.2) is 11.6 Å². The third-order valence-corrected chi connectivity index (χ3v) is 7.84. The van der Waals surface area contributed by atoms with Crippen molar-refractivity contribution in [2.24, 2.45) is 23.7 Å². The molecule has 0 radical (unpaired) electrons. The van der Waals surface area contributed by atoms with Gasteiger partial charge in [-0.2, -0.15) is 0 Å². The number of carbonyl (C=O) groups is 2. The normalized spacial score (nSPS) is 22.7. The van der Waals surface area contributed by atoms with Crippen LogP contribution in [0.25, 0.3) is 0 Å². The van der Waals surface area contributed by atoms with Crippen LogP contribution in [0.15, 0.2) is 35.9 Å². The van der Waals surface area contributed by atoms with Crippen molar-refractivity contribution in [3.05, 3.63) is 47.0 Å². The summed E-state index contributed by atoms with van der Waals surface area (Å²) >= 11 is 0. The minimum absolute atomic E-state index is 0.146. The second-order valence-electron chi connectivity index (χ2n) is 11.5. The lowest BCUT2D eigenvalue weighted by atomic mass is 9.70. The first-order valence-corrected chi connectivity index (χ1v) is 13.6. The van der Waals surface area contributed by atoms with Gasteiger partial charge in [0.2, 0.25) is 0 Å². The Bertz CT molecular complexity index is 837. The van der Waals surface area contributed by atoms with Crippen LogP contribution in [0.3, 0.4) is 0 Å². The van der Waals surface area contributed by atoms with Crippen molar-refractivity contribution in [2.75, 3.05) is 0 Å². The first kappa shape index (κ1) is 28.5. The van der Waals surface area contributed by atoms with Crippen molar-refractivity contribution in [2.45, 2.75) is 111 Å². The molecule has 0 bridgehead atoms. The van der Waals surface area contributed by atoms with E-state index >= 15 is 0 Å². The largest absolute Gasteiger partial charge is 0.381 e. The molecule has 2 rings (SSSR count). The number of benzene rings is 1. The third kappa shape index (κ3) is 7.90. The quantitative estimate of drug-likeness (QED) is 0.280. The van der Waals surface area contributed by atoms with Gasteiger partial charge in [0.05, 0.1) is 5.92 Å². The van der Waals surface area contributed by atoms with Crippen LogP contribution in [-0.2, 0) is 0 Å². The molecule has 0 fully saturated rings. The van der Waals surface area contributed by atoms with Gasteiger partial charge in [-0.25, -0.2) is 0 Å². The highest BCUT2D eigenvalue weighted by Gasteiger charge is 2.49. The summed E-state index contributed by atoms with van der Waals surface area (Å²) in [6, 6.07) is 6.84. The van der Waals surface area contributed by atoms with E-state index in [0.717, 1.165) is 30.6 Å². The second kappa shape index (κ2) is 13.4. The average molecular weight is 469 g/mol. The lowest BCUT2D eigenvalue weighted by molar-refractivity contribution is 0.00307. The lowest BCUT2D eigenvalue weighted by Crippen LogP contribution is -2.51. The summed E-state index contributed by atoms with van der Waals surface area (Å²) in [6.07, 6.45) is 13.5. The van der Waals surface area contributed by atoms with Crippen molar-refractivity contribution < 1.29 is 14.7 Å². The molecule has 3 heteroatoms. The van der Waals surface area contributed by atoms with E-state index < -0.39 is 11.5 Å². The van der Waals surface area contributed by atoms with Gasteiger partial charge < -0.3 is 5.11 Å². The zero-order valence-electron chi connectivity index (χ0n) is 22.5. The molecule has 1 aliphatic rings. The van der Waals surface area contributed by atoms with Gasteiger partial charge in [-0.05, 0) is 37.5 Å². The molecule has 4 atom stereocenters.